The van der Waals surface area contributed by atoms with Crippen LogP contribution >= 0.6 is 11.3 Å². The minimum Gasteiger partial charge on any atom is -0.456 e. The number of anilines is 10. The lowest BCUT2D eigenvalue weighted by atomic mass is 9.33. The Bertz CT molecular complexity index is 4780. The number of hydrogen-bond acceptors (Lipinski definition) is 6. The van der Waals surface area contributed by atoms with Gasteiger partial charge in [-0.05, 0) is 187 Å². The summed E-state index contributed by atoms with van der Waals surface area (Å²) in [5, 5.41) is 4.89. The summed E-state index contributed by atoms with van der Waals surface area (Å²) in [6.45, 7) is 29.3. The van der Waals surface area contributed by atoms with Gasteiger partial charge < -0.3 is 24.0 Å². The highest BCUT2D eigenvalue weighted by Gasteiger charge is 2.60. The van der Waals surface area contributed by atoms with Crippen molar-refractivity contribution in [2.75, 3.05) is 19.6 Å². The third-order valence-electron chi connectivity index (χ3n) is 23.2. The summed E-state index contributed by atoms with van der Waals surface area (Å²) in [6, 6.07) is 64.7. The van der Waals surface area contributed by atoms with Gasteiger partial charge in [-0.15, -0.1) is 11.3 Å². The van der Waals surface area contributed by atoms with Crippen molar-refractivity contribution in [2.45, 2.75) is 167 Å². The molecule has 0 N–H and O–H groups in total. The second-order valence-electron chi connectivity index (χ2n) is 30.1. The minimum absolute atomic E-state index is 0.00165. The van der Waals surface area contributed by atoms with E-state index in [2.05, 4.69) is 266 Å². The molecule has 6 aliphatic rings. The van der Waals surface area contributed by atoms with E-state index in [1.165, 1.54) is 148 Å². The molecular weight excluding hydrogens is 1080 g/mol. The number of thiophene rings is 1. The van der Waals surface area contributed by atoms with Gasteiger partial charge in [-0.1, -0.05) is 166 Å². The van der Waals surface area contributed by atoms with E-state index in [9.17, 15) is 0 Å². The Labute approximate surface area is 518 Å². The molecule has 4 aliphatic heterocycles. The van der Waals surface area contributed by atoms with Crippen molar-refractivity contribution in [3.8, 4) is 0 Å². The lowest BCUT2D eigenvalue weighted by Gasteiger charge is -2.51. The average Bonchev–Trinajstić information content (AvgIpc) is 1.70. The molecule has 0 radical (unpaired) electrons. The topological polar surface area (TPSA) is 26.1 Å². The lowest BCUT2D eigenvalue weighted by Crippen LogP contribution is -2.61. The Morgan fingerprint density at radius 2 is 1.05 bits per heavy atom. The molecule has 2 aromatic heterocycles. The molecule has 17 rings (SSSR count). The summed E-state index contributed by atoms with van der Waals surface area (Å²) >= 11 is 1.94. The first-order chi connectivity index (χ1) is 41.7. The molecule has 7 heteroatoms. The Morgan fingerprint density at radius 3 is 1.82 bits per heavy atom. The quantitative estimate of drug-likeness (QED) is 0.164. The van der Waals surface area contributed by atoms with Crippen molar-refractivity contribution < 1.29 is 4.42 Å². The third-order valence-corrected chi connectivity index (χ3v) is 24.4. The summed E-state index contributed by atoms with van der Waals surface area (Å²) in [5.41, 5.74) is 26.3. The largest absolute Gasteiger partial charge is 0.456 e. The molecule has 0 saturated heterocycles. The Hall–Kier alpha value is -7.74. The monoisotopic (exact) mass is 1150 g/mol. The van der Waals surface area contributed by atoms with E-state index < -0.39 is 0 Å². The van der Waals surface area contributed by atoms with Crippen LogP contribution in [-0.4, -0.2) is 17.8 Å². The number of fused-ring (bicyclic) bond motifs is 16. The van der Waals surface area contributed by atoms with Crippen LogP contribution in [0.3, 0.4) is 0 Å². The zero-order valence-electron chi connectivity index (χ0n) is 52.9. The smallest absolute Gasteiger partial charge is 0.252 e. The number of aryl methyl sites for hydroxylation is 2. The van der Waals surface area contributed by atoms with Crippen LogP contribution in [-0.2, 0) is 21.7 Å². The highest BCUT2D eigenvalue weighted by atomic mass is 32.1. The molecule has 4 unspecified atom stereocenters. The van der Waals surface area contributed by atoms with Crippen molar-refractivity contribution >= 4 is 133 Å². The van der Waals surface area contributed by atoms with Gasteiger partial charge in [-0.2, -0.15) is 0 Å². The molecule has 6 heterocycles. The first-order valence-corrected chi connectivity index (χ1v) is 33.3. The zero-order chi connectivity index (χ0) is 59.6. The molecule has 2 aliphatic carbocycles. The summed E-state index contributed by atoms with van der Waals surface area (Å²) in [4.78, 5) is 11.1. The minimum atomic E-state index is -0.202. The van der Waals surface area contributed by atoms with Crippen LogP contribution < -0.4 is 36.0 Å². The molecule has 0 bridgehead atoms. The molecule has 5 nitrogen and oxygen atoms in total. The van der Waals surface area contributed by atoms with E-state index in [4.69, 9.17) is 4.42 Å². The van der Waals surface area contributed by atoms with Crippen LogP contribution in [0.25, 0.3) is 42.1 Å². The summed E-state index contributed by atoms with van der Waals surface area (Å²) < 4.78 is 9.47. The van der Waals surface area contributed by atoms with Gasteiger partial charge in [0.1, 0.15) is 11.2 Å². The van der Waals surface area contributed by atoms with Crippen molar-refractivity contribution in [1.82, 2.24) is 0 Å². The van der Waals surface area contributed by atoms with Gasteiger partial charge in [0.2, 0.25) is 0 Å². The van der Waals surface area contributed by atoms with Crippen LogP contribution in [0.5, 0.6) is 0 Å². The standard InChI is InChI=1S/C80H79BN4OS/c1-48-40-49(2)72-66(41-48)84(80(12)39-20-18-37-78(72,80)10)53-31-34-61-65(44-53)83(63-25-21-24-58-57-23-14-16-27-71(57)87-74(58)63)68-46-54(85-62-35-29-50(75(3,4)5)42-59(62)77(9)36-17-19-38-79(77,85)11)45-67-73(68)81(61)60-33-28-51(76(6,7)8)43-64(60)82(67)52-30-32-56-55-22-13-15-26-69(55)86-70(56)47-52/h13-16,21-35,40-47H,17-20,36-39H2,1-12H3. The molecule has 0 spiro atoms. The molecule has 0 amide bonds. The van der Waals surface area contributed by atoms with Crippen molar-refractivity contribution in [3.63, 3.8) is 0 Å². The summed E-state index contributed by atoms with van der Waals surface area (Å²) in [5.74, 6) is 0. The van der Waals surface area contributed by atoms with Crippen molar-refractivity contribution in [1.29, 1.82) is 0 Å². The maximum Gasteiger partial charge on any atom is 0.252 e. The molecular formula is C80H79BN4OS. The van der Waals surface area contributed by atoms with Gasteiger partial charge >= 0.3 is 0 Å². The fourth-order valence-corrected chi connectivity index (χ4v) is 19.6. The summed E-state index contributed by atoms with van der Waals surface area (Å²) in [7, 11) is 0. The van der Waals surface area contributed by atoms with Gasteiger partial charge in [0, 0.05) is 94.3 Å². The van der Waals surface area contributed by atoms with Gasteiger partial charge in [0.05, 0.1) is 21.5 Å². The van der Waals surface area contributed by atoms with Gasteiger partial charge in [0.25, 0.3) is 6.71 Å². The fourth-order valence-electron chi connectivity index (χ4n) is 18.4. The van der Waals surface area contributed by atoms with E-state index in [0.29, 0.717) is 0 Å². The van der Waals surface area contributed by atoms with E-state index in [1.54, 1.807) is 5.56 Å². The Balaban J connectivity index is 1.01. The number of furan rings is 1. The van der Waals surface area contributed by atoms with Gasteiger partial charge in [0.15, 0.2) is 0 Å². The highest BCUT2D eigenvalue weighted by molar-refractivity contribution is 7.26. The van der Waals surface area contributed by atoms with E-state index in [1.807, 2.05) is 11.3 Å². The van der Waals surface area contributed by atoms with Crippen LogP contribution in [0, 0.1) is 13.8 Å². The summed E-state index contributed by atoms with van der Waals surface area (Å²) in [6.07, 6.45) is 9.49. The predicted octanol–water partition coefficient (Wildman–Crippen LogP) is 20.7. The maximum atomic E-state index is 6.85. The van der Waals surface area contributed by atoms with Crippen LogP contribution in [0.15, 0.2) is 168 Å². The van der Waals surface area contributed by atoms with E-state index >= 15 is 0 Å². The first kappa shape index (κ1) is 53.5. The normalized spacial score (nSPS) is 22.9. The molecule has 4 atom stereocenters. The predicted molar refractivity (Wildman–Crippen MR) is 373 cm³/mol. The zero-order valence-corrected chi connectivity index (χ0v) is 53.7. The van der Waals surface area contributed by atoms with Gasteiger partial charge in [-0.25, -0.2) is 0 Å². The van der Waals surface area contributed by atoms with Crippen LogP contribution in [0.2, 0.25) is 0 Å². The number of nitrogens with zero attached hydrogens (tertiary/aromatic N) is 4. The second-order valence-corrected chi connectivity index (χ2v) is 31.1. The fraction of sp³-hybridized carbons (Fsp3) is 0.325. The van der Waals surface area contributed by atoms with Crippen molar-refractivity contribution in [2.24, 2.45) is 0 Å². The van der Waals surface area contributed by atoms with Crippen LogP contribution in [0.1, 0.15) is 154 Å². The molecule has 2 saturated carbocycles. The molecule has 9 aromatic carbocycles. The third kappa shape index (κ3) is 7.15. The lowest BCUT2D eigenvalue weighted by molar-refractivity contribution is 0.194. The number of rotatable bonds is 4. The van der Waals surface area contributed by atoms with E-state index in [-0.39, 0.29) is 39.5 Å². The Morgan fingerprint density at radius 1 is 0.448 bits per heavy atom. The highest BCUT2D eigenvalue weighted by Crippen LogP contribution is 2.65. The molecule has 2 fully saturated rings. The molecule has 87 heavy (non-hydrogen) atoms. The Kier molecular flexibility index (Phi) is 11.0. The second kappa shape index (κ2) is 18.0. The van der Waals surface area contributed by atoms with E-state index in [0.717, 1.165) is 46.9 Å². The van der Waals surface area contributed by atoms with Gasteiger partial charge in [-0.3, -0.25) is 0 Å². The number of para-hydroxylation sites is 1. The molecule has 11 aromatic rings. The SMILES string of the molecule is Cc1cc(C)c2c(c1)N(c1ccc3c(c1)N(c1cccc4c1sc1ccccc14)c1cc(N4c5ccc(C(C)(C)C)cc5C5(C)CCCCC45C)cc4c1B3c1ccc(C(C)(C)C)cc1N4c1ccc3c(c1)oc1ccccc13)C1(C)CCCCC21C. The molecule has 434 valence electrons. The first-order valence-electron chi connectivity index (χ1n) is 32.4. The number of benzene rings is 9. The average molecular weight is 1160 g/mol. The maximum absolute atomic E-state index is 6.85. The number of hydrogen-bond donors (Lipinski definition) is 0. The van der Waals surface area contributed by atoms with Crippen molar-refractivity contribution in [3.05, 3.63) is 197 Å². The van der Waals surface area contributed by atoms with Crippen LogP contribution in [0.4, 0.5) is 56.9 Å².